The van der Waals surface area contributed by atoms with Crippen LogP contribution >= 0.6 is 0 Å². The van der Waals surface area contributed by atoms with Gasteiger partial charge in [-0.2, -0.15) is 0 Å². The van der Waals surface area contributed by atoms with Gasteiger partial charge >= 0.3 is 0 Å². The molecule has 0 aliphatic heterocycles. The molecule has 0 radical (unpaired) electrons. The molecule has 0 atom stereocenters. The largest absolute Gasteiger partial charge is 0.248 e. The average molecular weight is 307 g/mol. The molecule has 1 aromatic heterocycles. The fraction of sp³-hybridized carbons (Fsp3) is 0.286. The summed E-state index contributed by atoms with van der Waals surface area (Å²) in [5.74, 6) is 0. The van der Waals surface area contributed by atoms with Crippen molar-refractivity contribution in [2.45, 2.75) is 39.8 Å². The number of para-hydroxylation sites is 1. The number of rotatable bonds is 3. The van der Waals surface area contributed by atoms with Crippen molar-refractivity contribution in [2.24, 2.45) is 0 Å². The van der Waals surface area contributed by atoms with Crippen LogP contribution in [0.4, 0.5) is 4.39 Å². The molecule has 0 bridgehead atoms. The third kappa shape index (κ3) is 3.58. The maximum absolute atomic E-state index is 14.2. The highest BCUT2D eigenvalue weighted by atomic mass is 19.1. The Morgan fingerprint density at radius 1 is 0.957 bits per heavy atom. The number of hydrogen-bond donors (Lipinski definition) is 0. The molecule has 0 saturated carbocycles. The smallest absolute Gasteiger partial charge is 0.109 e. The molecule has 1 nitrogen and oxygen atoms in total. The number of nitrogens with zero attached hydrogens (tertiary/aromatic N) is 1. The lowest BCUT2D eigenvalue weighted by molar-refractivity contribution is 0.217. The van der Waals surface area contributed by atoms with Gasteiger partial charge in [0.05, 0.1) is 11.2 Å². The third-order valence-electron chi connectivity index (χ3n) is 3.93. The Morgan fingerprint density at radius 2 is 1.61 bits per heavy atom. The second-order valence-electron chi connectivity index (χ2n) is 6.96. The normalized spacial score (nSPS) is 11.9. The fourth-order valence-electron chi connectivity index (χ4n) is 3.12. The van der Waals surface area contributed by atoms with Gasteiger partial charge in [0.25, 0.3) is 0 Å². The van der Waals surface area contributed by atoms with E-state index in [1.54, 1.807) is 13.8 Å². The van der Waals surface area contributed by atoms with Gasteiger partial charge in [0.2, 0.25) is 0 Å². The van der Waals surface area contributed by atoms with Gasteiger partial charge in [0.15, 0.2) is 0 Å². The first-order chi connectivity index (χ1) is 10.8. The van der Waals surface area contributed by atoms with Gasteiger partial charge in [-0.1, -0.05) is 35.4 Å². The first-order valence-corrected chi connectivity index (χ1v) is 7.98. The van der Waals surface area contributed by atoms with E-state index >= 15 is 0 Å². The molecule has 0 saturated heterocycles. The van der Waals surface area contributed by atoms with Crippen LogP contribution in [0.15, 0.2) is 48.5 Å². The molecule has 23 heavy (non-hydrogen) atoms. The number of fused-ring (bicyclic) bond motifs is 1. The topological polar surface area (TPSA) is 12.9 Å². The van der Waals surface area contributed by atoms with Crippen molar-refractivity contribution in [1.82, 2.24) is 4.98 Å². The van der Waals surface area contributed by atoms with E-state index in [-0.39, 0.29) is 0 Å². The summed E-state index contributed by atoms with van der Waals surface area (Å²) in [5.41, 5.74) is 5.11. The van der Waals surface area contributed by atoms with Crippen LogP contribution < -0.4 is 0 Å². The Hall–Kier alpha value is -2.22. The van der Waals surface area contributed by atoms with Crippen molar-refractivity contribution < 1.29 is 4.39 Å². The molecule has 118 valence electrons. The Balaban J connectivity index is 2.22. The molecule has 0 N–H and O–H groups in total. The summed E-state index contributed by atoms with van der Waals surface area (Å²) < 4.78 is 14.2. The number of aromatic nitrogens is 1. The van der Waals surface area contributed by atoms with Crippen molar-refractivity contribution in [3.05, 3.63) is 65.2 Å². The van der Waals surface area contributed by atoms with Crippen molar-refractivity contribution in [2.75, 3.05) is 0 Å². The zero-order valence-electron chi connectivity index (χ0n) is 14.2. The summed E-state index contributed by atoms with van der Waals surface area (Å²) in [6.07, 6.45) is 0.383. The minimum absolute atomic E-state index is 0.383. The van der Waals surface area contributed by atoms with E-state index in [4.69, 9.17) is 4.98 Å². The fourth-order valence-corrected chi connectivity index (χ4v) is 3.12. The molecule has 0 amide bonds. The number of benzene rings is 2. The second kappa shape index (κ2) is 5.77. The number of halogens is 1. The number of pyridine rings is 1. The molecule has 3 rings (SSSR count). The van der Waals surface area contributed by atoms with Crippen LogP contribution in [-0.2, 0) is 6.42 Å². The molecule has 0 unspecified atom stereocenters. The summed E-state index contributed by atoms with van der Waals surface area (Å²) >= 11 is 0. The van der Waals surface area contributed by atoms with E-state index in [1.807, 2.05) is 30.3 Å². The van der Waals surface area contributed by atoms with E-state index in [2.05, 4.69) is 32.0 Å². The predicted octanol–water partition coefficient (Wildman–Crippen LogP) is 5.81. The molecular formula is C21H22FN. The second-order valence-corrected chi connectivity index (χ2v) is 6.96. The van der Waals surface area contributed by atoms with Crippen LogP contribution in [0.1, 0.15) is 30.5 Å². The minimum atomic E-state index is -1.25. The van der Waals surface area contributed by atoms with Crippen LogP contribution in [0.5, 0.6) is 0 Å². The Labute approximate surface area is 137 Å². The van der Waals surface area contributed by atoms with Crippen LogP contribution in [0.25, 0.3) is 22.2 Å². The van der Waals surface area contributed by atoms with Gasteiger partial charge in [0.1, 0.15) is 5.67 Å². The summed E-state index contributed by atoms with van der Waals surface area (Å²) in [6, 6.07) is 16.4. The maximum atomic E-state index is 14.2. The van der Waals surface area contributed by atoms with Crippen LogP contribution in [-0.4, -0.2) is 10.7 Å². The lowest BCUT2D eigenvalue weighted by atomic mass is 9.95. The summed E-state index contributed by atoms with van der Waals surface area (Å²) in [4.78, 5) is 4.80. The van der Waals surface area contributed by atoms with Gasteiger partial charge in [0, 0.05) is 17.4 Å². The minimum Gasteiger partial charge on any atom is -0.248 e. The van der Waals surface area contributed by atoms with E-state index in [9.17, 15) is 4.39 Å². The standard InChI is InChI=1S/C21H22FN/c1-14-9-15(2)11-16(10-14)20-12-17(13-21(3,4)22)18-7-5-6-8-19(18)23-20/h5-12H,13H2,1-4H3. The lowest BCUT2D eigenvalue weighted by Gasteiger charge is -2.17. The Kier molecular flexibility index (Phi) is 3.93. The van der Waals surface area contributed by atoms with E-state index < -0.39 is 5.67 Å². The third-order valence-corrected chi connectivity index (χ3v) is 3.93. The van der Waals surface area contributed by atoms with Crippen molar-refractivity contribution in [1.29, 1.82) is 0 Å². The number of aryl methyl sites for hydroxylation is 2. The predicted molar refractivity (Wildman–Crippen MR) is 95.5 cm³/mol. The lowest BCUT2D eigenvalue weighted by Crippen LogP contribution is -2.16. The molecule has 0 aliphatic carbocycles. The van der Waals surface area contributed by atoms with E-state index in [0.717, 1.165) is 27.7 Å². The highest BCUT2D eigenvalue weighted by Crippen LogP contribution is 2.29. The first-order valence-electron chi connectivity index (χ1n) is 7.98. The molecular weight excluding hydrogens is 285 g/mol. The summed E-state index contributed by atoms with van der Waals surface area (Å²) in [7, 11) is 0. The number of alkyl halides is 1. The molecule has 2 heteroatoms. The van der Waals surface area contributed by atoms with Crippen LogP contribution in [0.3, 0.4) is 0 Å². The van der Waals surface area contributed by atoms with Crippen LogP contribution in [0.2, 0.25) is 0 Å². The molecule has 0 fully saturated rings. The van der Waals surface area contributed by atoms with Crippen LogP contribution in [0, 0.1) is 13.8 Å². The maximum Gasteiger partial charge on any atom is 0.109 e. The highest BCUT2D eigenvalue weighted by molar-refractivity contribution is 5.85. The summed E-state index contributed by atoms with van der Waals surface area (Å²) in [5, 5.41) is 1.03. The van der Waals surface area contributed by atoms with Crippen molar-refractivity contribution >= 4 is 10.9 Å². The van der Waals surface area contributed by atoms with Crippen molar-refractivity contribution in [3.63, 3.8) is 0 Å². The monoisotopic (exact) mass is 307 g/mol. The van der Waals surface area contributed by atoms with Gasteiger partial charge in [-0.3, -0.25) is 0 Å². The van der Waals surface area contributed by atoms with Gasteiger partial charge < -0.3 is 0 Å². The Bertz CT molecular complexity index is 839. The van der Waals surface area contributed by atoms with Gasteiger partial charge in [-0.15, -0.1) is 0 Å². The SMILES string of the molecule is Cc1cc(C)cc(-c2cc(CC(C)(C)F)c3ccccc3n2)c1. The zero-order chi connectivity index (χ0) is 16.6. The van der Waals surface area contributed by atoms with Gasteiger partial charge in [-0.25, -0.2) is 9.37 Å². The number of hydrogen-bond acceptors (Lipinski definition) is 1. The van der Waals surface area contributed by atoms with E-state index in [1.165, 1.54) is 11.1 Å². The summed E-state index contributed by atoms with van der Waals surface area (Å²) in [6.45, 7) is 7.42. The van der Waals surface area contributed by atoms with E-state index in [0.29, 0.717) is 6.42 Å². The van der Waals surface area contributed by atoms with Crippen molar-refractivity contribution in [3.8, 4) is 11.3 Å². The molecule has 1 heterocycles. The molecule has 0 aliphatic rings. The molecule has 0 spiro atoms. The average Bonchev–Trinajstić information content (AvgIpc) is 2.44. The zero-order valence-corrected chi connectivity index (χ0v) is 14.2. The Morgan fingerprint density at radius 3 is 2.26 bits per heavy atom. The molecule has 2 aromatic carbocycles. The molecule has 3 aromatic rings. The highest BCUT2D eigenvalue weighted by Gasteiger charge is 2.19. The quantitative estimate of drug-likeness (QED) is 0.595. The first kappa shape index (κ1) is 15.7. The van der Waals surface area contributed by atoms with Gasteiger partial charge in [-0.05, 0) is 57.5 Å².